The van der Waals surface area contributed by atoms with Crippen molar-refractivity contribution in [3.63, 3.8) is 0 Å². The third-order valence-corrected chi connectivity index (χ3v) is 5.23. The third-order valence-electron chi connectivity index (χ3n) is 5.23. The number of amides is 2. The van der Waals surface area contributed by atoms with Gasteiger partial charge in [0.05, 0.1) is 6.20 Å². The van der Waals surface area contributed by atoms with Gasteiger partial charge in [-0.3, -0.25) is 9.58 Å². The molecule has 1 aromatic carbocycles. The van der Waals surface area contributed by atoms with Crippen LogP contribution in [0.4, 0.5) is 10.5 Å². The molecule has 4 rings (SSSR count). The minimum atomic E-state index is -0.0191. The lowest BCUT2D eigenvalue weighted by Crippen LogP contribution is -2.44. The normalized spacial score (nSPS) is 18.3. The lowest BCUT2D eigenvalue weighted by Gasteiger charge is -2.34. The monoisotopic (exact) mass is 341 g/mol. The average Bonchev–Trinajstić information content (AvgIpc) is 3.27. The molecule has 7 nitrogen and oxygen atoms in total. The number of anilines is 1. The van der Waals surface area contributed by atoms with Gasteiger partial charge < -0.3 is 10.1 Å². The number of nitrogens with zero attached hydrogens (tertiary/aromatic N) is 4. The molecule has 3 heterocycles. The summed E-state index contributed by atoms with van der Waals surface area (Å²) in [7, 11) is 0. The van der Waals surface area contributed by atoms with E-state index >= 15 is 0 Å². The van der Waals surface area contributed by atoms with Crippen molar-refractivity contribution >= 4 is 11.7 Å². The van der Waals surface area contributed by atoms with Crippen LogP contribution in [0.3, 0.4) is 0 Å². The summed E-state index contributed by atoms with van der Waals surface area (Å²) in [6, 6.07) is 8.26. The summed E-state index contributed by atoms with van der Waals surface area (Å²) < 4.78 is 7.32. The minimum Gasteiger partial charge on any atom is -0.381 e. The molecule has 2 aromatic rings. The van der Waals surface area contributed by atoms with Crippen LogP contribution in [0, 0.1) is 0 Å². The van der Waals surface area contributed by atoms with Crippen molar-refractivity contribution < 1.29 is 9.53 Å². The maximum Gasteiger partial charge on any atom is 0.321 e. The molecule has 0 unspecified atom stereocenters. The summed E-state index contributed by atoms with van der Waals surface area (Å²) >= 11 is 0. The van der Waals surface area contributed by atoms with Crippen LogP contribution in [0.25, 0.3) is 0 Å². The molecule has 2 aliphatic rings. The molecule has 0 saturated carbocycles. The van der Waals surface area contributed by atoms with Gasteiger partial charge in [-0.1, -0.05) is 23.4 Å². The summed E-state index contributed by atoms with van der Waals surface area (Å²) in [5.74, 6) is 0. The van der Waals surface area contributed by atoms with Crippen molar-refractivity contribution in [2.75, 3.05) is 31.2 Å². The number of hydrogen-bond acceptors (Lipinski definition) is 4. The number of hydrogen-bond donors (Lipinski definition) is 1. The standard InChI is InChI=1S/C18H23N5O2/c24-17(19-8-3-10-22-11-9-20-21-22)23-14-18(6-12-25-13-7-18)15-4-1-2-5-16(15)23/h1-2,4-5,9,11H,3,6-8,10,12-14H2,(H,19,24). The lowest BCUT2D eigenvalue weighted by atomic mass is 9.76. The summed E-state index contributed by atoms with van der Waals surface area (Å²) in [6.07, 6.45) is 6.25. The Morgan fingerprint density at radius 3 is 2.92 bits per heavy atom. The Kier molecular flexibility index (Phi) is 4.40. The molecule has 7 heteroatoms. The Morgan fingerprint density at radius 1 is 1.28 bits per heavy atom. The van der Waals surface area contributed by atoms with Crippen LogP contribution in [0.5, 0.6) is 0 Å². The van der Waals surface area contributed by atoms with Crippen LogP contribution in [0.1, 0.15) is 24.8 Å². The molecule has 0 bridgehead atoms. The molecule has 1 fully saturated rings. The van der Waals surface area contributed by atoms with Gasteiger partial charge in [-0.15, -0.1) is 5.10 Å². The SMILES string of the molecule is O=C(NCCCn1ccnn1)N1CC2(CCOCC2)c2ccccc21. The van der Waals surface area contributed by atoms with E-state index in [2.05, 4.69) is 33.8 Å². The summed E-state index contributed by atoms with van der Waals surface area (Å²) in [5.41, 5.74) is 2.38. The van der Waals surface area contributed by atoms with Crippen LogP contribution in [-0.4, -0.2) is 47.3 Å². The van der Waals surface area contributed by atoms with E-state index in [-0.39, 0.29) is 11.4 Å². The number of aryl methyl sites for hydroxylation is 1. The molecule has 2 amide bonds. The molecular weight excluding hydrogens is 318 g/mol. The number of ether oxygens (including phenoxy) is 1. The number of urea groups is 1. The highest BCUT2D eigenvalue weighted by Gasteiger charge is 2.45. The Labute approximate surface area is 147 Å². The fraction of sp³-hybridized carbons (Fsp3) is 0.500. The van der Waals surface area contributed by atoms with Crippen LogP contribution in [0.2, 0.25) is 0 Å². The largest absolute Gasteiger partial charge is 0.381 e. The maximum absolute atomic E-state index is 12.7. The van der Waals surface area contributed by atoms with E-state index in [1.807, 2.05) is 17.2 Å². The molecular formula is C18H23N5O2. The zero-order valence-corrected chi connectivity index (χ0v) is 14.2. The quantitative estimate of drug-likeness (QED) is 0.863. The van der Waals surface area contributed by atoms with Gasteiger partial charge in [0.25, 0.3) is 0 Å². The highest BCUT2D eigenvalue weighted by atomic mass is 16.5. The predicted octanol–water partition coefficient (Wildman–Crippen LogP) is 1.95. The second-order valence-corrected chi connectivity index (χ2v) is 6.75. The fourth-order valence-corrected chi connectivity index (χ4v) is 3.89. The molecule has 1 N–H and O–H groups in total. The number of carbonyl (C=O) groups is 1. The van der Waals surface area contributed by atoms with Crippen molar-refractivity contribution in [1.82, 2.24) is 20.3 Å². The number of fused-ring (bicyclic) bond motifs is 2. The lowest BCUT2D eigenvalue weighted by molar-refractivity contribution is 0.0556. The van der Waals surface area contributed by atoms with E-state index in [4.69, 9.17) is 4.74 Å². The van der Waals surface area contributed by atoms with Crippen LogP contribution in [-0.2, 0) is 16.7 Å². The van der Waals surface area contributed by atoms with E-state index in [9.17, 15) is 4.79 Å². The molecule has 25 heavy (non-hydrogen) atoms. The third kappa shape index (κ3) is 3.11. The number of carbonyl (C=O) groups excluding carboxylic acids is 1. The van der Waals surface area contributed by atoms with Crippen molar-refractivity contribution in [1.29, 1.82) is 0 Å². The van der Waals surface area contributed by atoms with E-state index in [0.29, 0.717) is 6.54 Å². The first-order valence-corrected chi connectivity index (χ1v) is 8.85. The Bertz CT molecular complexity index is 725. The number of aromatic nitrogens is 3. The summed E-state index contributed by atoms with van der Waals surface area (Å²) in [5, 5.41) is 10.8. The topological polar surface area (TPSA) is 72.3 Å². The zero-order chi connectivity index (χ0) is 17.1. The van der Waals surface area contributed by atoms with Gasteiger partial charge in [-0.05, 0) is 30.9 Å². The zero-order valence-electron chi connectivity index (χ0n) is 14.2. The highest BCUT2D eigenvalue weighted by molar-refractivity contribution is 5.95. The first-order valence-electron chi connectivity index (χ1n) is 8.85. The number of rotatable bonds is 4. The van der Waals surface area contributed by atoms with Gasteiger partial charge in [0, 0.05) is 50.1 Å². The summed E-state index contributed by atoms with van der Waals surface area (Å²) in [4.78, 5) is 14.6. The van der Waals surface area contributed by atoms with Gasteiger partial charge in [0.2, 0.25) is 0 Å². The second-order valence-electron chi connectivity index (χ2n) is 6.75. The van der Waals surface area contributed by atoms with Crippen molar-refractivity contribution in [3.8, 4) is 0 Å². The highest BCUT2D eigenvalue weighted by Crippen LogP contribution is 2.46. The first-order chi connectivity index (χ1) is 12.3. The van der Waals surface area contributed by atoms with Crippen LogP contribution in [0.15, 0.2) is 36.7 Å². The average molecular weight is 341 g/mol. The van der Waals surface area contributed by atoms with Crippen molar-refractivity contribution in [2.45, 2.75) is 31.2 Å². The number of benzene rings is 1. The van der Waals surface area contributed by atoms with E-state index in [1.54, 1.807) is 10.9 Å². The molecule has 0 radical (unpaired) electrons. The van der Waals surface area contributed by atoms with Gasteiger partial charge in [0.1, 0.15) is 0 Å². The molecule has 0 atom stereocenters. The molecule has 0 aliphatic carbocycles. The smallest absolute Gasteiger partial charge is 0.321 e. The maximum atomic E-state index is 12.7. The Morgan fingerprint density at radius 2 is 2.12 bits per heavy atom. The van der Waals surface area contributed by atoms with Crippen molar-refractivity contribution in [2.24, 2.45) is 0 Å². The Balaban J connectivity index is 1.40. The van der Waals surface area contributed by atoms with E-state index in [1.165, 1.54) is 5.56 Å². The first kappa shape index (κ1) is 16.1. The van der Waals surface area contributed by atoms with Crippen LogP contribution >= 0.6 is 0 Å². The van der Waals surface area contributed by atoms with Crippen LogP contribution < -0.4 is 10.2 Å². The van der Waals surface area contributed by atoms with E-state index in [0.717, 1.165) is 51.3 Å². The predicted molar refractivity (Wildman–Crippen MR) is 93.6 cm³/mol. The molecule has 2 aliphatic heterocycles. The van der Waals surface area contributed by atoms with Gasteiger partial charge >= 0.3 is 6.03 Å². The minimum absolute atomic E-state index is 0.0191. The molecule has 1 saturated heterocycles. The fourth-order valence-electron chi connectivity index (χ4n) is 3.89. The van der Waals surface area contributed by atoms with Gasteiger partial charge in [0.15, 0.2) is 0 Å². The van der Waals surface area contributed by atoms with Gasteiger partial charge in [-0.25, -0.2) is 4.79 Å². The summed E-state index contributed by atoms with van der Waals surface area (Å²) in [6.45, 7) is 3.64. The molecule has 132 valence electrons. The Hall–Kier alpha value is -2.41. The number of para-hydroxylation sites is 1. The van der Waals surface area contributed by atoms with Gasteiger partial charge in [-0.2, -0.15) is 0 Å². The van der Waals surface area contributed by atoms with Crippen molar-refractivity contribution in [3.05, 3.63) is 42.2 Å². The number of nitrogens with one attached hydrogen (secondary N) is 1. The second kappa shape index (κ2) is 6.84. The van der Waals surface area contributed by atoms with E-state index < -0.39 is 0 Å². The molecule has 1 aromatic heterocycles. The molecule has 1 spiro atoms.